The van der Waals surface area contributed by atoms with Crippen molar-refractivity contribution < 1.29 is 0 Å². The normalized spacial score (nSPS) is 18.4. The highest BCUT2D eigenvalue weighted by molar-refractivity contribution is 6.28. The number of nitrogens with zero attached hydrogens (tertiary/aromatic N) is 6. The van der Waals surface area contributed by atoms with Crippen LogP contribution in [0.15, 0.2) is 0 Å². The highest BCUT2D eigenvalue weighted by atomic mass is 35.5. The van der Waals surface area contributed by atoms with Crippen LogP contribution in [-0.4, -0.2) is 40.6 Å². The van der Waals surface area contributed by atoms with Gasteiger partial charge in [-0.05, 0) is 43.7 Å². The predicted molar refractivity (Wildman–Crippen MR) is 81.5 cm³/mol. The fourth-order valence-corrected chi connectivity index (χ4v) is 2.85. The number of halogens is 1. The number of aromatic nitrogens is 3. The molecule has 6 nitrogen and oxygen atoms in total. The fourth-order valence-electron chi connectivity index (χ4n) is 2.70. The third kappa shape index (κ3) is 3.53. The molecule has 1 aliphatic carbocycles. The minimum Gasteiger partial charge on any atom is -0.341 e. The Labute approximate surface area is 129 Å². The van der Waals surface area contributed by atoms with Gasteiger partial charge in [0, 0.05) is 25.7 Å². The van der Waals surface area contributed by atoms with E-state index in [1.54, 1.807) is 0 Å². The molecule has 0 radical (unpaired) electrons. The zero-order valence-corrected chi connectivity index (χ0v) is 12.8. The average molecular weight is 307 g/mol. The Hall–Kier alpha value is -1.61. The third-order valence-corrected chi connectivity index (χ3v) is 4.10. The molecule has 0 N–H and O–H groups in total. The van der Waals surface area contributed by atoms with Crippen molar-refractivity contribution in [1.29, 1.82) is 5.26 Å². The molecule has 2 aliphatic rings. The van der Waals surface area contributed by atoms with Crippen molar-refractivity contribution in [2.75, 3.05) is 29.4 Å². The van der Waals surface area contributed by atoms with E-state index in [4.69, 9.17) is 16.9 Å². The van der Waals surface area contributed by atoms with Crippen LogP contribution in [0.5, 0.6) is 0 Å². The van der Waals surface area contributed by atoms with Gasteiger partial charge in [-0.1, -0.05) is 0 Å². The van der Waals surface area contributed by atoms with Crippen LogP contribution in [0.2, 0.25) is 5.28 Å². The SMILES string of the molecule is N#CCCN(c1nc(Cl)nc(N2CCCCC2)n1)C1CC1. The largest absolute Gasteiger partial charge is 0.341 e. The molecule has 0 atom stereocenters. The van der Waals surface area contributed by atoms with E-state index in [0.717, 1.165) is 25.9 Å². The van der Waals surface area contributed by atoms with E-state index in [1.807, 2.05) is 0 Å². The van der Waals surface area contributed by atoms with Crippen LogP contribution in [0.25, 0.3) is 0 Å². The van der Waals surface area contributed by atoms with Crippen LogP contribution in [0.1, 0.15) is 38.5 Å². The zero-order valence-electron chi connectivity index (χ0n) is 12.0. The summed E-state index contributed by atoms with van der Waals surface area (Å²) in [6.45, 7) is 2.60. The summed E-state index contributed by atoms with van der Waals surface area (Å²) >= 11 is 6.09. The molecular formula is C14H19ClN6. The standard InChI is InChI=1S/C14H19ClN6/c15-12-17-13(20-8-2-1-3-9-20)19-14(18-12)21(10-4-7-16)11-5-6-11/h11H,1-6,8-10H2. The molecule has 112 valence electrons. The summed E-state index contributed by atoms with van der Waals surface area (Å²) in [5, 5.41) is 9.05. The Morgan fingerprint density at radius 1 is 1.19 bits per heavy atom. The second-order valence-corrected chi connectivity index (χ2v) is 5.92. The Morgan fingerprint density at radius 3 is 2.62 bits per heavy atom. The maximum atomic E-state index is 8.81. The topological polar surface area (TPSA) is 68.9 Å². The highest BCUT2D eigenvalue weighted by Gasteiger charge is 2.31. The van der Waals surface area contributed by atoms with Crippen LogP contribution in [0.4, 0.5) is 11.9 Å². The highest BCUT2D eigenvalue weighted by Crippen LogP contribution is 2.31. The summed E-state index contributed by atoms with van der Waals surface area (Å²) in [7, 11) is 0. The lowest BCUT2D eigenvalue weighted by Gasteiger charge is -2.28. The van der Waals surface area contributed by atoms with Crippen LogP contribution in [0, 0.1) is 11.3 Å². The van der Waals surface area contributed by atoms with E-state index in [9.17, 15) is 0 Å². The van der Waals surface area contributed by atoms with Crippen molar-refractivity contribution in [2.45, 2.75) is 44.6 Å². The Bertz CT molecular complexity index is 533. The van der Waals surface area contributed by atoms with Gasteiger partial charge in [0.1, 0.15) is 0 Å². The molecule has 0 spiro atoms. The summed E-state index contributed by atoms with van der Waals surface area (Å²) in [6.07, 6.45) is 6.33. The third-order valence-electron chi connectivity index (χ3n) is 3.93. The van der Waals surface area contributed by atoms with Crippen molar-refractivity contribution in [3.05, 3.63) is 5.28 Å². The Balaban J connectivity index is 1.83. The van der Waals surface area contributed by atoms with Gasteiger partial charge in [-0.3, -0.25) is 0 Å². The van der Waals surface area contributed by atoms with Gasteiger partial charge in [0.25, 0.3) is 0 Å². The molecule has 1 saturated heterocycles. The molecule has 0 aromatic carbocycles. The van der Waals surface area contributed by atoms with Gasteiger partial charge in [-0.2, -0.15) is 20.2 Å². The van der Waals surface area contributed by atoms with Crippen LogP contribution >= 0.6 is 11.6 Å². The van der Waals surface area contributed by atoms with Crippen molar-refractivity contribution in [2.24, 2.45) is 0 Å². The molecule has 1 saturated carbocycles. The molecule has 1 aromatic rings. The Kier molecular flexibility index (Phi) is 4.39. The molecule has 21 heavy (non-hydrogen) atoms. The lowest BCUT2D eigenvalue weighted by molar-refractivity contribution is 0.566. The molecule has 0 bridgehead atoms. The van der Waals surface area contributed by atoms with Gasteiger partial charge in [0.15, 0.2) is 0 Å². The molecular weight excluding hydrogens is 288 g/mol. The van der Waals surface area contributed by atoms with Gasteiger partial charge in [0.2, 0.25) is 17.2 Å². The fraction of sp³-hybridized carbons (Fsp3) is 0.714. The first-order valence-corrected chi connectivity index (χ1v) is 7.96. The zero-order chi connectivity index (χ0) is 14.7. The maximum absolute atomic E-state index is 8.81. The Morgan fingerprint density at radius 2 is 1.95 bits per heavy atom. The van der Waals surface area contributed by atoms with Crippen LogP contribution in [-0.2, 0) is 0 Å². The maximum Gasteiger partial charge on any atom is 0.231 e. The van der Waals surface area contributed by atoms with Gasteiger partial charge < -0.3 is 9.80 Å². The van der Waals surface area contributed by atoms with Crippen molar-refractivity contribution >= 4 is 23.5 Å². The van der Waals surface area contributed by atoms with E-state index >= 15 is 0 Å². The number of anilines is 2. The molecule has 0 unspecified atom stereocenters. The number of hydrogen-bond acceptors (Lipinski definition) is 6. The van der Waals surface area contributed by atoms with Gasteiger partial charge >= 0.3 is 0 Å². The number of nitriles is 1. The summed E-state index contributed by atoms with van der Waals surface area (Å²) < 4.78 is 0. The first-order chi connectivity index (χ1) is 10.3. The molecule has 0 amide bonds. The lowest BCUT2D eigenvalue weighted by atomic mass is 10.1. The number of piperidine rings is 1. The van der Waals surface area contributed by atoms with E-state index in [0.29, 0.717) is 30.9 Å². The molecule has 2 heterocycles. The monoisotopic (exact) mass is 306 g/mol. The summed E-state index contributed by atoms with van der Waals surface area (Å²) in [5.74, 6) is 1.29. The van der Waals surface area contributed by atoms with Crippen LogP contribution < -0.4 is 9.80 Å². The van der Waals surface area contributed by atoms with E-state index in [-0.39, 0.29) is 5.28 Å². The van der Waals surface area contributed by atoms with E-state index < -0.39 is 0 Å². The molecule has 2 fully saturated rings. The summed E-state index contributed by atoms with van der Waals surface area (Å²) in [5.41, 5.74) is 0. The molecule has 1 aliphatic heterocycles. The van der Waals surface area contributed by atoms with E-state index in [1.165, 1.54) is 19.3 Å². The van der Waals surface area contributed by atoms with Crippen molar-refractivity contribution in [3.63, 3.8) is 0 Å². The predicted octanol–water partition coefficient (Wildman–Crippen LogP) is 2.40. The van der Waals surface area contributed by atoms with Crippen molar-refractivity contribution in [3.8, 4) is 6.07 Å². The average Bonchev–Trinajstić information content (AvgIpc) is 3.33. The van der Waals surface area contributed by atoms with E-state index in [2.05, 4.69) is 30.8 Å². The van der Waals surface area contributed by atoms with Gasteiger partial charge in [-0.25, -0.2) is 0 Å². The lowest BCUT2D eigenvalue weighted by Crippen LogP contribution is -2.33. The second-order valence-electron chi connectivity index (χ2n) is 5.58. The summed E-state index contributed by atoms with van der Waals surface area (Å²) in [4.78, 5) is 17.4. The smallest absolute Gasteiger partial charge is 0.231 e. The first kappa shape index (κ1) is 14.3. The summed E-state index contributed by atoms with van der Waals surface area (Å²) in [6, 6.07) is 2.64. The molecule has 1 aromatic heterocycles. The minimum atomic E-state index is 0.239. The second kappa shape index (κ2) is 6.44. The quantitative estimate of drug-likeness (QED) is 0.832. The molecule has 7 heteroatoms. The number of hydrogen-bond donors (Lipinski definition) is 0. The van der Waals surface area contributed by atoms with Crippen molar-refractivity contribution in [1.82, 2.24) is 15.0 Å². The molecule has 3 rings (SSSR count). The van der Waals surface area contributed by atoms with Gasteiger partial charge in [0.05, 0.1) is 12.5 Å². The first-order valence-electron chi connectivity index (χ1n) is 7.58. The van der Waals surface area contributed by atoms with Crippen LogP contribution in [0.3, 0.4) is 0 Å². The minimum absolute atomic E-state index is 0.239. The number of rotatable bonds is 5. The van der Waals surface area contributed by atoms with Gasteiger partial charge in [-0.15, -0.1) is 0 Å².